The summed E-state index contributed by atoms with van der Waals surface area (Å²) in [6, 6.07) is 7.04. The van der Waals surface area contributed by atoms with Gasteiger partial charge in [-0.15, -0.1) is 0 Å². The summed E-state index contributed by atoms with van der Waals surface area (Å²) in [5.41, 5.74) is 0.652. The van der Waals surface area contributed by atoms with E-state index in [1.165, 1.54) is 0 Å². The van der Waals surface area contributed by atoms with E-state index in [4.69, 9.17) is 16.3 Å². The molecule has 1 saturated heterocycles. The first-order valence-corrected chi connectivity index (χ1v) is 8.61. The van der Waals surface area contributed by atoms with Crippen LogP contribution in [0.4, 0.5) is 5.69 Å². The first kappa shape index (κ1) is 17.0. The number of morpholine rings is 1. The number of halogens is 1. The highest BCUT2D eigenvalue weighted by Crippen LogP contribution is 2.29. The van der Waals surface area contributed by atoms with Gasteiger partial charge in [-0.3, -0.25) is 9.59 Å². The van der Waals surface area contributed by atoms with E-state index in [1.54, 1.807) is 24.3 Å². The summed E-state index contributed by atoms with van der Waals surface area (Å²) < 4.78 is 5.30. The number of carbonyl (C=O) groups is 2. The number of nitrogens with zero attached hydrogens (tertiary/aromatic N) is 1. The molecule has 6 heteroatoms. The van der Waals surface area contributed by atoms with Crippen LogP contribution in [-0.4, -0.2) is 43.0 Å². The van der Waals surface area contributed by atoms with E-state index in [9.17, 15) is 9.59 Å². The SMILES string of the molecule is O=C(Nc1cccc(Cl)c1)[C@H]1CC=CC[C@H]1C(=O)N1CCOCC1. The third-order valence-corrected chi connectivity index (χ3v) is 4.74. The van der Waals surface area contributed by atoms with Gasteiger partial charge >= 0.3 is 0 Å². The third-order valence-electron chi connectivity index (χ3n) is 4.50. The maximum absolute atomic E-state index is 12.8. The molecule has 0 radical (unpaired) electrons. The lowest BCUT2D eigenvalue weighted by atomic mass is 9.81. The Balaban J connectivity index is 1.70. The van der Waals surface area contributed by atoms with E-state index in [2.05, 4.69) is 5.32 Å². The van der Waals surface area contributed by atoms with E-state index >= 15 is 0 Å². The lowest BCUT2D eigenvalue weighted by molar-refractivity contribution is -0.144. The van der Waals surface area contributed by atoms with E-state index < -0.39 is 0 Å². The van der Waals surface area contributed by atoms with Crippen LogP contribution in [-0.2, 0) is 14.3 Å². The predicted molar refractivity (Wildman–Crippen MR) is 92.8 cm³/mol. The van der Waals surface area contributed by atoms with Crippen LogP contribution >= 0.6 is 11.6 Å². The van der Waals surface area contributed by atoms with Crippen LogP contribution in [0.25, 0.3) is 0 Å². The van der Waals surface area contributed by atoms with Crippen LogP contribution in [0.2, 0.25) is 5.02 Å². The summed E-state index contributed by atoms with van der Waals surface area (Å²) in [6.07, 6.45) is 5.15. The van der Waals surface area contributed by atoms with Crippen molar-refractivity contribution in [2.45, 2.75) is 12.8 Å². The van der Waals surface area contributed by atoms with Gasteiger partial charge in [0.05, 0.1) is 25.0 Å². The van der Waals surface area contributed by atoms with Gasteiger partial charge in [-0.05, 0) is 31.0 Å². The van der Waals surface area contributed by atoms with Crippen LogP contribution in [0, 0.1) is 11.8 Å². The zero-order chi connectivity index (χ0) is 16.9. The standard InChI is InChI=1S/C18H21ClN2O3/c19-13-4-3-5-14(12-13)20-17(22)15-6-1-2-7-16(15)18(23)21-8-10-24-11-9-21/h1-5,12,15-16H,6-11H2,(H,20,22)/t15-,16+/m0/s1. The molecule has 24 heavy (non-hydrogen) atoms. The van der Waals surface area contributed by atoms with Gasteiger partial charge in [-0.1, -0.05) is 29.8 Å². The number of carbonyl (C=O) groups excluding carboxylic acids is 2. The Hall–Kier alpha value is -1.85. The van der Waals surface area contributed by atoms with Gasteiger partial charge in [0.1, 0.15) is 0 Å². The molecule has 3 rings (SSSR count). The van der Waals surface area contributed by atoms with Crippen LogP contribution in [0.3, 0.4) is 0 Å². The lowest BCUT2D eigenvalue weighted by Crippen LogP contribution is -2.47. The highest BCUT2D eigenvalue weighted by molar-refractivity contribution is 6.30. The average Bonchev–Trinajstić information content (AvgIpc) is 2.62. The van der Waals surface area contributed by atoms with Crippen molar-refractivity contribution in [1.82, 2.24) is 4.90 Å². The molecule has 0 bridgehead atoms. The van der Waals surface area contributed by atoms with E-state index in [0.717, 1.165) is 0 Å². The van der Waals surface area contributed by atoms with Gasteiger partial charge < -0.3 is 15.0 Å². The third kappa shape index (κ3) is 3.97. The first-order valence-electron chi connectivity index (χ1n) is 8.23. The number of anilines is 1. The zero-order valence-electron chi connectivity index (χ0n) is 13.4. The van der Waals surface area contributed by atoms with E-state index in [0.29, 0.717) is 49.9 Å². The summed E-state index contributed by atoms with van der Waals surface area (Å²) in [4.78, 5) is 27.3. The van der Waals surface area contributed by atoms with Crippen molar-refractivity contribution in [1.29, 1.82) is 0 Å². The van der Waals surface area contributed by atoms with Gasteiger partial charge in [0.15, 0.2) is 0 Å². The van der Waals surface area contributed by atoms with Crippen molar-refractivity contribution in [3.05, 3.63) is 41.4 Å². The van der Waals surface area contributed by atoms with Gasteiger partial charge in [-0.2, -0.15) is 0 Å². The monoisotopic (exact) mass is 348 g/mol. The Morgan fingerprint density at radius 3 is 2.54 bits per heavy atom. The maximum atomic E-state index is 12.8. The number of rotatable bonds is 3. The van der Waals surface area contributed by atoms with Crippen molar-refractivity contribution in [2.24, 2.45) is 11.8 Å². The molecule has 0 aromatic heterocycles. The fraction of sp³-hybridized carbons (Fsp3) is 0.444. The number of hydrogen-bond donors (Lipinski definition) is 1. The molecule has 1 fully saturated rings. The number of hydrogen-bond acceptors (Lipinski definition) is 3. The molecule has 1 aromatic carbocycles. The highest BCUT2D eigenvalue weighted by atomic mass is 35.5. The molecule has 0 saturated carbocycles. The Kier molecular flexibility index (Phi) is 5.53. The summed E-state index contributed by atoms with van der Waals surface area (Å²) in [5, 5.41) is 3.45. The minimum Gasteiger partial charge on any atom is -0.378 e. The second kappa shape index (κ2) is 7.81. The molecule has 5 nitrogen and oxygen atoms in total. The minimum atomic E-state index is -0.357. The maximum Gasteiger partial charge on any atom is 0.228 e. The number of nitrogens with one attached hydrogen (secondary N) is 1. The molecule has 1 heterocycles. The normalized spacial score (nSPS) is 23.8. The molecule has 1 N–H and O–H groups in total. The van der Waals surface area contributed by atoms with Crippen molar-refractivity contribution >= 4 is 29.1 Å². The van der Waals surface area contributed by atoms with Crippen molar-refractivity contribution in [3.8, 4) is 0 Å². The lowest BCUT2D eigenvalue weighted by Gasteiger charge is -2.34. The molecule has 1 aromatic rings. The summed E-state index contributed by atoms with van der Waals surface area (Å²) in [5.74, 6) is -0.751. The largest absolute Gasteiger partial charge is 0.378 e. The number of ether oxygens (including phenoxy) is 1. The fourth-order valence-corrected chi connectivity index (χ4v) is 3.39. The molecule has 2 aliphatic rings. The van der Waals surface area contributed by atoms with Gasteiger partial charge in [-0.25, -0.2) is 0 Å². The molecule has 2 amide bonds. The Morgan fingerprint density at radius 2 is 1.83 bits per heavy atom. The molecular weight excluding hydrogens is 328 g/mol. The van der Waals surface area contributed by atoms with Gasteiger partial charge in [0.2, 0.25) is 11.8 Å². The first-order chi connectivity index (χ1) is 11.6. The van der Waals surface area contributed by atoms with Crippen molar-refractivity contribution in [3.63, 3.8) is 0 Å². The van der Waals surface area contributed by atoms with E-state index in [1.807, 2.05) is 17.1 Å². The van der Waals surface area contributed by atoms with E-state index in [-0.39, 0.29) is 23.7 Å². The van der Waals surface area contributed by atoms with Gasteiger partial charge in [0, 0.05) is 23.8 Å². The molecule has 0 unspecified atom stereocenters. The summed E-state index contributed by atoms with van der Waals surface area (Å²) in [6.45, 7) is 2.32. The highest BCUT2D eigenvalue weighted by Gasteiger charge is 2.36. The number of benzene rings is 1. The zero-order valence-corrected chi connectivity index (χ0v) is 14.2. The molecular formula is C18H21ClN2O3. The average molecular weight is 349 g/mol. The van der Waals surface area contributed by atoms with Crippen LogP contribution in [0.15, 0.2) is 36.4 Å². The molecule has 1 aliphatic heterocycles. The Morgan fingerprint density at radius 1 is 1.12 bits per heavy atom. The molecule has 2 atom stereocenters. The fourth-order valence-electron chi connectivity index (χ4n) is 3.20. The second-order valence-corrected chi connectivity index (χ2v) is 6.53. The Bertz CT molecular complexity index is 641. The smallest absolute Gasteiger partial charge is 0.228 e. The Labute approximate surface area is 146 Å². The molecule has 128 valence electrons. The summed E-state index contributed by atoms with van der Waals surface area (Å²) >= 11 is 5.96. The van der Waals surface area contributed by atoms with Crippen LogP contribution < -0.4 is 5.32 Å². The topological polar surface area (TPSA) is 58.6 Å². The molecule has 0 spiro atoms. The van der Waals surface area contributed by atoms with Crippen LogP contribution in [0.5, 0.6) is 0 Å². The quantitative estimate of drug-likeness (QED) is 0.854. The van der Waals surface area contributed by atoms with Crippen molar-refractivity contribution < 1.29 is 14.3 Å². The van der Waals surface area contributed by atoms with Gasteiger partial charge in [0.25, 0.3) is 0 Å². The van der Waals surface area contributed by atoms with Crippen LogP contribution in [0.1, 0.15) is 12.8 Å². The molecule has 1 aliphatic carbocycles. The van der Waals surface area contributed by atoms with Crippen molar-refractivity contribution in [2.75, 3.05) is 31.6 Å². The number of allylic oxidation sites excluding steroid dienone is 2. The summed E-state index contributed by atoms with van der Waals surface area (Å²) in [7, 11) is 0. The second-order valence-electron chi connectivity index (χ2n) is 6.09. The number of amides is 2. The minimum absolute atomic E-state index is 0.0499. The predicted octanol–water partition coefficient (Wildman–Crippen LogP) is 2.72.